The van der Waals surface area contributed by atoms with E-state index in [0.717, 1.165) is 12.1 Å². The molecule has 0 N–H and O–H groups in total. The van der Waals surface area contributed by atoms with Crippen molar-refractivity contribution >= 4 is 5.69 Å². The van der Waals surface area contributed by atoms with E-state index in [0.29, 0.717) is 5.56 Å². The van der Waals surface area contributed by atoms with Crippen LogP contribution in [0, 0.1) is 17.0 Å². The summed E-state index contributed by atoms with van der Waals surface area (Å²) >= 11 is 0. The van der Waals surface area contributed by atoms with Gasteiger partial charge in [0.1, 0.15) is 5.56 Å². The zero-order valence-electron chi connectivity index (χ0n) is 9.13. The summed E-state index contributed by atoms with van der Waals surface area (Å²) in [6, 6.07) is 2.89. The van der Waals surface area contributed by atoms with Crippen molar-refractivity contribution in [3.8, 4) is 0 Å². The zero-order chi connectivity index (χ0) is 12.9. The number of hydrogen-bond acceptors (Lipinski definition) is 2. The molecule has 0 saturated heterocycles. The zero-order valence-corrected chi connectivity index (χ0v) is 9.13. The standard InChI is InChI=1S/C8H6F3NO2.C2H6/c1-5-2-3-7(12(13)14)6(4-5)8(9,10)11;1-2/h2-4H,1H3;1-2H3. The molecule has 6 heteroatoms. The molecule has 0 heterocycles. The molecule has 90 valence electrons. The maximum atomic E-state index is 12.3. The van der Waals surface area contributed by atoms with Crippen LogP contribution in [0.15, 0.2) is 18.2 Å². The smallest absolute Gasteiger partial charge is 0.258 e. The van der Waals surface area contributed by atoms with Crippen LogP contribution in [0.3, 0.4) is 0 Å². The number of aryl methyl sites for hydroxylation is 1. The highest BCUT2D eigenvalue weighted by atomic mass is 19.4. The summed E-state index contributed by atoms with van der Waals surface area (Å²) in [5.41, 5.74) is -1.78. The molecule has 0 amide bonds. The third-order valence-corrected chi connectivity index (χ3v) is 1.65. The number of hydrogen-bond donors (Lipinski definition) is 0. The first-order chi connectivity index (χ1) is 7.32. The van der Waals surface area contributed by atoms with Gasteiger partial charge in [0.05, 0.1) is 4.92 Å². The highest BCUT2D eigenvalue weighted by molar-refractivity contribution is 5.44. The van der Waals surface area contributed by atoms with Crippen LogP contribution in [-0.4, -0.2) is 4.92 Å². The second-order valence-electron chi connectivity index (χ2n) is 2.78. The number of alkyl halides is 3. The van der Waals surface area contributed by atoms with E-state index in [4.69, 9.17) is 0 Å². The lowest BCUT2D eigenvalue weighted by atomic mass is 10.1. The highest BCUT2D eigenvalue weighted by Gasteiger charge is 2.37. The minimum absolute atomic E-state index is 0.336. The van der Waals surface area contributed by atoms with Crippen molar-refractivity contribution in [1.29, 1.82) is 0 Å². The van der Waals surface area contributed by atoms with Crippen LogP contribution >= 0.6 is 0 Å². The Morgan fingerprint density at radius 2 is 1.75 bits per heavy atom. The number of benzene rings is 1. The molecule has 0 unspecified atom stereocenters. The van der Waals surface area contributed by atoms with Crippen molar-refractivity contribution < 1.29 is 18.1 Å². The van der Waals surface area contributed by atoms with Gasteiger partial charge in [0.15, 0.2) is 0 Å². The second kappa shape index (κ2) is 5.48. The van der Waals surface area contributed by atoms with Crippen LogP contribution in [-0.2, 0) is 6.18 Å². The normalized spacial score (nSPS) is 10.4. The van der Waals surface area contributed by atoms with Gasteiger partial charge in [-0.25, -0.2) is 0 Å². The molecule has 0 atom stereocenters. The molecule has 3 nitrogen and oxygen atoms in total. The largest absolute Gasteiger partial charge is 0.423 e. The summed E-state index contributed by atoms with van der Waals surface area (Å²) in [5, 5.41) is 10.3. The maximum absolute atomic E-state index is 12.3. The minimum atomic E-state index is -4.69. The van der Waals surface area contributed by atoms with E-state index in [1.165, 1.54) is 13.0 Å². The number of nitrogens with zero attached hydrogens (tertiary/aromatic N) is 1. The van der Waals surface area contributed by atoms with Gasteiger partial charge in [0.2, 0.25) is 0 Å². The number of nitro benzene ring substituents is 1. The molecule has 1 aromatic carbocycles. The van der Waals surface area contributed by atoms with Gasteiger partial charge in [-0.15, -0.1) is 0 Å². The van der Waals surface area contributed by atoms with Crippen LogP contribution in [0.4, 0.5) is 18.9 Å². The predicted octanol–water partition coefficient (Wildman–Crippen LogP) is 3.95. The average molecular weight is 235 g/mol. The Morgan fingerprint density at radius 3 is 2.12 bits per heavy atom. The topological polar surface area (TPSA) is 43.1 Å². The van der Waals surface area contributed by atoms with Crippen LogP contribution in [0.25, 0.3) is 0 Å². The predicted molar refractivity (Wildman–Crippen MR) is 54.2 cm³/mol. The Balaban J connectivity index is 0.00000106. The Hall–Kier alpha value is -1.59. The molecule has 0 aliphatic heterocycles. The molecule has 0 saturated carbocycles. The monoisotopic (exact) mass is 235 g/mol. The van der Waals surface area contributed by atoms with Crippen LogP contribution < -0.4 is 0 Å². The molecule has 0 radical (unpaired) electrons. The SMILES string of the molecule is CC.Cc1ccc([N+](=O)[O-])c(C(F)(F)F)c1. The molecular formula is C10H12F3NO2. The van der Waals surface area contributed by atoms with Crippen LogP contribution in [0.1, 0.15) is 25.0 Å². The van der Waals surface area contributed by atoms with Crippen LogP contribution in [0.2, 0.25) is 0 Å². The van der Waals surface area contributed by atoms with Gasteiger partial charge in [-0.05, 0) is 13.0 Å². The molecule has 0 spiro atoms. The van der Waals surface area contributed by atoms with Crippen LogP contribution in [0.5, 0.6) is 0 Å². The molecule has 1 aromatic rings. The molecule has 1 rings (SSSR count). The van der Waals surface area contributed by atoms with Gasteiger partial charge in [0.25, 0.3) is 5.69 Å². The van der Waals surface area contributed by atoms with Crippen molar-refractivity contribution in [2.24, 2.45) is 0 Å². The molecular weight excluding hydrogens is 223 g/mol. The quantitative estimate of drug-likeness (QED) is 0.546. The van der Waals surface area contributed by atoms with Gasteiger partial charge in [-0.1, -0.05) is 25.5 Å². The molecule has 16 heavy (non-hydrogen) atoms. The summed E-state index contributed by atoms with van der Waals surface area (Å²) in [4.78, 5) is 9.25. The Morgan fingerprint density at radius 1 is 1.25 bits per heavy atom. The minimum Gasteiger partial charge on any atom is -0.258 e. The molecule has 0 fully saturated rings. The third kappa shape index (κ3) is 3.52. The summed E-state index contributed by atoms with van der Waals surface area (Å²) < 4.78 is 36.9. The second-order valence-corrected chi connectivity index (χ2v) is 2.78. The van der Waals surface area contributed by atoms with E-state index < -0.39 is 22.4 Å². The van der Waals surface area contributed by atoms with E-state index >= 15 is 0 Å². The Kier molecular flexibility index (Phi) is 4.94. The first-order valence-electron chi connectivity index (χ1n) is 4.64. The fraction of sp³-hybridized carbons (Fsp3) is 0.400. The molecule has 0 aromatic heterocycles. The van der Waals surface area contributed by atoms with E-state index in [9.17, 15) is 23.3 Å². The Labute approximate surface area is 91.0 Å². The average Bonchev–Trinajstić information content (AvgIpc) is 2.19. The lowest BCUT2D eigenvalue weighted by Gasteiger charge is -2.07. The van der Waals surface area contributed by atoms with Gasteiger partial charge in [-0.3, -0.25) is 10.1 Å². The van der Waals surface area contributed by atoms with Crippen molar-refractivity contribution in [1.82, 2.24) is 0 Å². The first kappa shape index (κ1) is 14.4. The van der Waals surface area contributed by atoms with Crippen molar-refractivity contribution in [3.63, 3.8) is 0 Å². The van der Waals surface area contributed by atoms with Crippen molar-refractivity contribution in [3.05, 3.63) is 39.4 Å². The van der Waals surface area contributed by atoms with E-state index in [1.807, 2.05) is 13.8 Å². The molecule has 0 aliphatic carbocycles. The number of rotatable bonds is 1. The maximum Gasteiger partial charge on any atom is 0.423 e. The van der Waals surface area contributed by atoms with Gasteiger partial charge < -0.3 is 0 Å². The van der Waals surface area contributed by atoms with Gasteiger partial charge in [0, 0.05) is 6.07 Å². The lowest BCUT2D eigenvalue weighted by Crippen LogP contribution is -2.09. The fourth-order valence-electron chi connectivity index (χ4n) is 1.04. The van der Waals surface area contributed by atoms with Gasteiger partial charge in [-0.2, -0.15) is 13.2 Å². The van der Waals surface area contributed by atoms with E-state index in [-0.39, 0.29) is 0 Å². The fourth-order valence-corrected chi connectivity index (χ4v) is 1.04. The highest BCUT2D eigenvalue weighted by Crippen LogP contribution is 2.36. The van der Waals surface area contributed by atoms with E-state index in [1.54, 1.807) is 0 Å². The van der Waals surface area contributed by atoms with Crippen molar-refractivity contribution in [2.45, 2.75) is 26.9 Å². The number of nitro groups is 1. The number of halogens is 3. The summed E-state index contributed by atoms with van der Waals surface area (Å²) in [6.07, 6.45) is -4.69. The summed E-state index contributed by atoms with van der Waals surface area (Å²) in [6.45, 7) is 5.44. The lowest BCUT2D eigenvalue weighted by molar-refractivity contribution is -0.388. The van der Waals surface area contributed by atoms with E-state index in [2.05, 4.69) is 0 Å². The first-order valence-corrected chi connectivity index (χ1v) is 4.64. The molecule has 0 aliphatic rings. The molecule has 0 bridgehead atoms. The summed E-state index contributed by atoms with van der Waals surface area (Å²) in [7, 11) is 0. The third-order valence-electron chi connectivity index (χ3n) is 1.65. The van der Waals surface area contributed by atoms with Gasteiger partial charge >= 0.3 is 6.18 Å². The summed E-state index contributed by atoms with van der Waals surface area (Å²) in [5.74, 6) is 0. The van der Waals surface area contributed by atoms with Crippen molar-refractivity contribution in [2.75, 3.05) is 0 Å². The Bertz CT molecular complexity index is 375.